The molecule has 2 aromatic heterocycles. The molecule has 10 heteroatoms. The van der Waals surface area contributed by atoms with Crippen LogP contribution in [0.2, 0.25) is 0 Å². The maximum atomic E-state index is 13.2. The van der Waals surface area contributed by atoms with Crippen LogP contribution < -0.4 is 10.6 Å². The number of piperidine rings is 1. The van der Waals surface area contributed by atoms with E-state index < -0.39 is 17.4 Å². The molecule has 1 aliphatic heterocycles. The molecule has 3 N–H and O–H groups in total. The van der Waals surface area contributed by atoms with Crippen LogP contribution in [0.25, 0.3) is 5.82 Å². The Kier molecular flexibility index (Phi) is 6.66. The van der Waals surface area contributed by atoms with Gasteiger partial charge in [-0.05, 0) is 44.4 Å². The largest absolute Gasteiger partial charge is 0.465 e. The van der Waals surface area contributed by atoms with Crippen LogP contribution in [0.15, 0.2) is 30.7 Å². The number of nitrogens with one attached hydrogen (secondary N) is 2. The molecule has 0 saturated carbocycles. The predicted molar refractivity (Wildman–Crippen MR) is 108 cm³/mol. The molecule has 9 nitrogen and oxygen atoms in total. The Hall–Kier alpha value is -3.01. The van der Waals surface area contributed by atoms with E-state index in [2.05, 4.69) is 20.7 Å². The SMILES string of the molecule is CCCNC1(C(=O)N[C@@H](C)c2ccc(-n3cc(F)cn3)nc2)CCN(C(=O)O)CC1. The van der Waals surface area contributed by atoms with E-state index in [1.54, 1.807) is 12.3 Å². The monoisotopic (exact) mass is 418 g/mol. The second kappa shape index (κ2) is 9.21. The normalized spacial score (nSPS) is 16.8. The molecule has 1 atom stereocenters. The molecule has 0 unspecified atom stereocenters. The summed E-state index contributed by atoms with van der Waals surface area (Å²) in [6.07, 6.45) is 4.71. The molecule has 0 bridgehead atoms. The van der Waals surface area contributed by atoms with Gasteiger partial charge in [0.05, 0.1) is 18.4 Å². The van der Waals surface area contributed by atoms with Gasteiger partial charge in [0.25, 0.3) is 0 Å². The first-order chi connectivity index (χ1) is 14.3. The first-order valence-corrected chi connectivity index (χ1v) is 10.0. The molecule has 1 fully saturated rings. The number of likely N-dealkylation sites (tertiary alicyclic amines) is 1. The Balaban J connectivity index is 1.68. The van der Waals surface area contributed by atoms with Crippen LogP contribution >= 0.6 is 0 Å². The van der Waals surface area contributed by atoms with E-state index in [-0.39, 0.29) is 11.9 Å². The fraction of sp³-hybridized carbons (Fsp3) is 0.500. The van der Waals surface area contributed by atoms with E-state index in [0.29, 0.717) is 38.3 Å². The van der Waals surface area contributed by atoms with Gasteiger partial charge in [-0.25, -0.2) is 18.9 Å². The lowest BCUT2D eigenvalue weighted by Crippen LogP contribution is -2.62. The third-order valence-corrected chi connectivity index (χ3v) is 5.44. The van der Waals surface area contributed by atoms with Gasteiger partial charge in [-0.3, -0.25) is 4.79 Å². The average Bonchev–Trinajstić information content (AvgIpc) is 3.18. The van der Waals surface area contributed by atoms with Crippen LogP contribution in [-0.4, -0.2) is 61.9 Å². The third-order valence-electron chi connectivity index (χ3n) is 5.44. The van der Waals surface area contributed by atoms with Gasteiger partial charge in [-0.15, -0.1) is 0 Å². The molecule has 1 aliphatic rings. The molecule has 2 aromatic rings. The van der Waals surface area contributed by atoms with Crippen molar-refractivity contribution in [3.63, 3.8) is 0 Å². The summed E-state index contributed by atoms with van der Waals surface area (Å²) in [4.78, 5) is 30.0. The average molecular weight is 418 g/mol. The fourth-order valence-electron chi connectivity index (χ4n) is 3.56. The summed E-state index contributed by atoms with van der Waals surface area (Å²) in [5.74, 6) is -0.115. The van der Waals surface area contributed by atoms with Crippen molar-refractivity contribution in [2.75, 3.05) is 19.6 Å². The molecule has 3 heterocycles. The Morgan fingerprint density at radius 1 is 1.30 bits per heavy atom. The Morgan fingerprint density at radius 3 is 2.57 bits per heavy atom. The van der Waals surface area contributed by atoms with Gasteiger partial charge < -0.3 is 20.6 Å². The summed E-state index contributed by atoms with van der Waals surface area (Å²) in [6, 6.07) is 3.22. The topological polar surface area (TPSA) is 112 Å². The zero-order chi connectivity index (χ0) is 21.7. The molecule has 2 amide bonds. The minimum absolute atomic E-state index is 0.147. The van der Waals surface area contributed by atoms with Crippen LogP contribution in [0.5, 0.6) is 0 Å². The maximum Gasteiger partial charge on any atom is 0.407 e. The Morgan fingerprint density at radius 2 is 2.03 bits per heavy atom. The maximum absolute atomic E-state index is 13.2. The van der Waals surface area contributed by atoms with Gasteiger partial charge in [-0.2, -0.15) is 5.10 Å². The minimum Gasteiger partial charge on any atom is -0.465 e. The van der Waals surface area contributed by atoms with Crippen molar-refractivity contribution in [1.82, 2.24) is 30.3 Å². The van der Waals surface area contributed by atoms with E-state index in [1.807, 2.05) is 19.9 Å². The first-order valence-electron chi connectivity index (χ1n) is 10.0. The number of amides is 2. The van der Waals surface area contributed by atoms with Crippen LogP contribution in [0.3, 0.4) is 0 Å². The van der Waals surface area contributed by atoms with E-state index >= 15 is 0 Å². The molecule has 3 rings (SSSR count). The molecular weight excluding hydrogens is 391 g/mol. The highest BCUT2D eigenvalue weighted by molar-refractivity contribution is 5.87. The third kappa shape index (κ3) is 4.76. The second-order valence-corrected chi connectivity index (χ2v) is 7.53. The number of carboxylic acid groups (broad SMARTS) is 1. The number of hydrogen-bond donors (Lipinski definition) is 3. The second-order valence-electron chi connectivity index (χ2n) is 7.53. The number of aromatic nitrogens is 3. The van der Waals surface area contributed by atoms with Gasteiger partial charge >= 0.3 is 6.09 Å². The summed E-state index contributed by atoms with van der Waals surface area (Å²) in [5, 5.41) is 19.4. The molecule has 0 aliphatic carbocycles. The van der Waals surface area contributed by atoms with Gasteiger partial charge in [0.1, 0.15) is 5.54 Å². The van der Waals surface area contributed by atoms with Crippen molar-refractivity contribution in [1.29, 1.82) is 0 Å². The molecule has 1 saturated heterocycles. The van der Waals surface area contributed by atoms with Crippen molar-refractivity contribution in [3.05, 3.63) is 42.1 Å². The van der Waals surface area contributed by atoms with Gasteiger partial charge in [-0.1, -0.05) is 13.0 Å². The van der Waals surface area contributed by atoms with E-state index in [4.69, 9.17) is 0 Å². The highest BCUT2D eigenvalue weighted by Crippen LogP contribution is 2.25. The predicted octanol–water partition coefficient (Wildman–Crippen LogP) is 2.10. The highest BCUT2D eigenvalue weighted by atomic mass is 19.1. The smallest absolute Gasteiger partial charge is 0.407 e. The summed E-state index contributed by atoms with van der Waals surface area (Å²) in [6.45, 7) is 5.18. The number of halogens is 1. The molecule has 0 spiro atoms. The summed E-state index contributed by atoms with van der Waals surface area (Å²) in [5.41, 5.74) is 0.00393. The van der Waals surface area contributed by atoms with Crippen LogP contribution in [0, 0.1) is 5.82 Å². The first kappa shape index (κ1) is 21.7. The van der Waals surface area contributed by atoms with Crippen LogP contribution in [0.4, 0.5) is 9.18 Å². The van der Waals surface area contributed by atoms with Crippen LogP contribution in [-0.2, 0) is 4.79 Å². The quantitative estimate of drug-likeness (QED) is 0.635. The van der Waals surface area contributed by atoms with E-state index in [9.17, 15) is 19.1 Å². The molecule has 162 valence electrons. The molecular formula is C20H27FN6O3. The number of pyridine rings is 1. The summed E-state index contributed by atoms with van der Waals surface area (Å²) < 4.78 is 14.5. The van der Waals surface area contributed by atoms with E-state index in [1.165, 1.54) is 15.8 Å². The van der Waals surface area contributed by atoms with Crippen molar-refractivity contribution >= 4 is 12.0 Å². The zero-order valence-corrected chi connectivity index (χ0v) is 17.1. The lowest BCUT2D eigenvalue weighted by Gasteiger charge is -2.41. The van der Waals surface area contributed by atoms with Gasteiger partial charge in [0.2, 0.25) is 5.91 Å². The number of carbonyl (C=O) groups is 2. The summed E-state index contributed by atoms with van der Waals surface area (Å²) >= 11 is 0. The van der Waals surface area contributed by atoms with Crippen molar-refractivity contribution < 1.29 is 19.1 Å². The zero-order valence-electron chi connectivity index (χ0n) is 17.1. The Labute approximate surface area is 174 Å². The minimum atomic E-state index is -0.962. The van der Waals surface area contributed by atoms with E-state index in [0.717, 1.165) is 18.2 Å². The number of carbonyl (C=O) groups excluding carboxylic acids is 1. The number of hydrogen-bond acceptors (Lipinski definition) is 5. The Bertz CT molecular complexity index is 877. The van der Waals surface area contributed by atoms with Crippen molar-refractivity contribution in [2.45, 2.75) is 44.7 Å². The van der Waals surface area contributed by atoms with Gasteiger partial charge in [0, 0.05) is 19.3 Å². The fourth-order valence-corrected chi connectivity index (χ4v) is 3.56. The van der Waals surface area contributed by atoms with Crippen LogP contribution in [0.1, 0.15) is 44.7 Å². The summed E-state index contributed by atoms with van der Waals surface area (Å²) in [7, 11) is 0. The number of rotatable bonds is 7. The standard InChI is InChI=1S/C20H27FN6O3/c1-3-8-23-20(6-9-26(10-7-20)19(29)30)18(28)25-14(2)15-4-5-17(22-11-15)27-13-16(21)12-24-27/h4-5,11-14,23H,3,6-10H2,1-2H3,(H,25,28)(H,29,30)/t14-/m0/s1. The molecule has 0 aromatic carbocycles. The van der Waals surface area contributed by atoms with Gasteiger partial charge in [0.15, 0.2) is 11.6 Å². The van der Waals surface area contributed by atoms with Crippen molar-refractivity contribution in [3.8, 4) is 5.82 Å². The highest BCUT2D eigenvalue weighted by Gasteiger charge is 2.42. The molecule has 0 radical (unpaired) electrons. The lowest BCUT2D eigenvalue weighted by molar-refractivity contribution is -0.130. The van der Waals surface area contributed by atoms with Crippen molar-refractivity contribution in [2.24, 2.45) is 0 Å². The lowest BCUT2D eigenvalue weighted by atomic mass is 9.86. The molecule has 30 heavy (non-hydrogen) atoms. The number of nitrogens with zero attached hydrogens (tertiary/aromatic N) is 4.